The first-order chi connectivity index (χ1) is 10.2. The molecule has 7 heteroatoms. The SMILES string of the molecule is COc1ccc2nc(Nc3cccc([N+](=O)[O-])c3)[nH]c2c1. The fraction of sp³-hybridized carbons (Fsp3) is 0.0714. The zero-order valence-electron chi connectivity index (χ0n) is 11.2. The van der Waals surface area contributed by atoms with E-state index in [2.05, 4.69) is 15.3 Å². The van der Waals surface area contributed by atoms with Gasteiger partial charge in [-0.25, -0.2) is 4.98 Å². The number of hydrogen-bond donors (Lipinski definition) is 2. The van der Waals surface area contributed by atoms with Crippen molar-refractivity contribution in [2.75, 3.05) is 12.4 Å². The molecule has 106 valence electrons. The molecule has 0 radical (unpaired) electrons. The third-order valence-electron chi connectivity index (χ3n) is 3.01. The van der Waals surface area contributed by atoms with Crippen molar-refractivity contribution in [3.8, 4) is 5.75 Å². The van der Waals surface area contributed by atoms with E-state index in [0.29, 0.717) is 11.6 Å². The lowest BCUT2D eigenvalue weighted by Crippen LogP contribution is -1.94. The molecule has 1 aromatic heterocycles. The molecule has 0 atom stereocenters. The highest BCUT2D eigenvalue weighted by atomic mass is 16.6. The van der Waals surface area contributed by atoms with Crippen molar-refractivity contribution in [3.63, 3.8) is 0 Å². The number of non-ortho nitro benzene ring substituents is 1. The van der Waals surface area contributed by atoms with Crippen LogP contribution in [0.3, 0.4) is 0 Å². The van der Waals surface area contributed by atoms with E-state index in [9.17, 15) is 10.1 Å². The van der Waals surface area contributed by atoms with E-state index in [0.717, 1.165) is 16.8 Å². The Morgan fingerprint density at radius 2 is 2.14 bits per heavy atom. The number of hydrogen-bond acceptors (Lipinski definition) is 5. The fourth-order valence-electron chi connectivity index (χ4n) is 2.01. The predicted molar refractivity (Wildman–Crippen MR) is 79.0 cm³/mol. The molecule has 2 N–H and O–H groups in total. The maximum Gasteiger partial charge on any atom is 0.271 e. The molecule has 0 bridgehead atoms. The van der Waals surface area contributed by atoms with Gasteiger partial charge in [0.1, 0.15) is 5.75 Å². The largest absolute Gasteiger partial charge is 0.497 e. The highest BCUT2D eigenvalue weighted by Gasteiger charge is 2.08. The van der Waals surface area contributed by atoms with Crippen LogP contribution in [0.4, 0.5) is 17.3 Å². The summed E-state index contributed by atoms with van der Waals surface area (Å²) in [6.45, 7) is 0. The normalized spacial score (nSPS) is 10.5. The number of fused-ring (bicyclic) bond motifs is 1. The minimum atomic E-state index is -0.436. The quantitative estimate of drug-likeness (QED) is 0.566. The molecule has 0 aliphatic rings. The van der Waals surface area contributed by atoms with Crippen LogP contribution in [0.2, 0.25) is 0 Å². The van der Waals surface area contributed by atoms with Gasteiger partial charge in [-0.1, -0.05) is 6.07 Å². The van der Waals surface area contributed by atoms with Gasteiger partial charge in [-0.2, -0.15) is 0 Å². The maximum absolute atomic E-state index is 10.8. The Morgan fingerprint density at radius 3 is 2.90 bits per heavy atom. The highest BCUT2D eigenvalue weighted by molar-refractivity contribution is 5.80. The van der Waals surface area contributed by atoms with E-state index in [-0.39, 0.29) is 5.69 Å². The number of aromatic nitrogens is 2. The van der Waals surface area contributed by atoms with Crippen molar-refractivity contribution in [2.24, 2.45) is 0 Å². The Bertz CT molecular complexity index is 813. The van der Waals surface area contributed by atoms with E-state index in [1.54, 1.807) is 19.2 Å². The molecule has 0 aliphatic carbocycles. The number of rotatable bonds is 4. The van der Waals surface area contributed by atoms with Gasteiger partial charge in [-0.15, -0.1) is 0 Å². The van der Waals surface area contributed by atoms with Gasteiger partial charge < -0.3 is 15.0 Å². The number of methoxy groups -OCH3 is 1. The van der Waals surface area contributed by atoms with Crippen LogP contribution in [0, 0.1) is 10.1 Å². The second-order valence-electron chi connectivity index (χ2n) is 4.40. The van der Waals surface area contributed by atoms with Gasteiger partial charge in [-0.3, -0.25) is 10.1 Å². The number of anilines is 2. The molecule has 21 heavy (non-hydrogen) atoms. The van der Waals surface area contributed by atoms with E-state index >= 15 is 0 Å². The molecule has 1 heterocycles. The Kier molecular flexibility index (Phi) is 3.15. The highest BCUT2D eigenvalue weighted by Crippen LogP contribution is 2.23. The Hall–Kier alpha value is -3.09. The Labute approximate surface area is 119 Å². The van der Waals surface area contributed by atoms with Crippen LogP contribution in [0.5, 0.6) is 5.75 Å². The summed E-state index contributed by atoms with van der Waals surface area (Å²) in [5.41, 5.74) is 2.22. The number of benzene rings is 2. The van der Waals surface area contributed by atoms with Crippen LogP contribution < -0.4 is 10.1 Å². The number of nitrogens with one attached hydrogen (secondary N) is 2. The van der Waals surface area contributed by atoms with E-state index in [1.165, 1.54) is 12.1 Å². The fourth-order valence-corrected chi connectivity index (χ4v) is 2.01. The number of nitro groups is 1. The monoisotopic (exact) mass is 284 g/mol. The summed E-state index contributed by atoms with van der Waals surface area (Å²) in [6.07, 6.45) is 0. The minimum absolute atomic E-state index is 0.0257. The molecule has 2 aromatic carbocycles. The Balaban J connectivity index is 1.91. The standard InChI is InChI=1S/C14H12N4O3/c1-21-11-5-6-12-13(8-11)17-14(16-12)15-9-3-2-4-10(7-9)18(19)20/h2-8H,1H3,(H2,15,16,17). The molecule has 0 saturated heterocycles. The van der Waals surface area contributed by atoms with Gasteiger partial charge in [-0.05, 0) is 18.2 Å². The molecule has 3 rings (SSSR count). The van der Waals surface area contributed by atoms with Crippen molar-refractivity contribution in [2.45, 2.75) is 0 Å². The number of ether oxygens (including phenoxy) is 1. The summed E-state index contributed by atoms with van der Waals surface area (Å²) < 4.78 is 5.15. The van der Waals surface area contributed by atoms with Crippen molar-refractivity contribution in [3.05, 3.63) is 52.6 Å². The Morgan fingerprint density at radius 1 is 1.29 bits per heavy atom. The molecule has 0 fully saturated rings. The molecule has 0 amide bonds. The third-order valence-corrected chi connectivity index (χ3v) is 3.01. The number of nitro benzene ring substituents is 1. The van der Waals surface area contributed by atoms with Crippen molar-refractivity contribution in [1.82, 2.24) is 9.97 Å². The summed E-state index contributed by atoms with van der Waals surface area (Å²) in [4.78, 5) is 17.8. The zero-order chi connectivity index (χ0) is 14.8. The third kappa shape index (κ3) is 2.62. The van der Waals surface area contributed by atoms with Crippen LogP contribution >= 0.6 is 0 Å². The van der Waals surface area contributed by atoms with Crippen LogP contribution in [0.1, 0.15) is 0 Å². The first-order valence-electron chi connectivity index (χ1n) is 6.21. The minimum Gasteiger partial charge on any atom is -0.497 e. The van der Waals surface area contributed by atoms with Gasteiger partial charge >= 0.3 is 0 Å². The summed E-state index contributed by atoms with van der Waals surface area (Å²) in [7, 11) is 1.60. The van der Waals surface area contributed by atoms with E-state index in [1.807, 2.05) is 18.2 Å². The summed E-state index contributed by atoms with van der Waals surface area (Å²) in [5.74, 6) is 1.24. The lowest BCUT2D eigenvalue weighted by Gasteiger charge is -2.01. The van der Waals surface area contributed by atoms with Crippen molar-refractivity contribution >= 4 is 28.4 Å². The van der Waals surface area contributed by atoms with Crippen LogP contribution in [-0.4, -0.2) is 22.0 Å². The summed E-state index contributed by atoms with van der Waals surface area (Å²) in [6, 6.07) is 11.7. The molecular weight excluding hydrogens is 272 g/mol. The smallest absolute Gasteiger partial charge is 0.271 e. The predicted octanol–water partition coefficient (Wildman–Crippen LogP) is 3.22. The molecular formula is C14H12N4O3. The van der Waals surface area contributed by atoms with Crippen molar-refractivity contribution < 1.29 is 9.66 Å². The number of aromatic amines is 1. The van der Waals surface area contributed by atoms with Gasteiger partial charge in [0.2, 0.25) is 5.95 Å². The van der Waals surface area contributed by atoms with Crippen LogP contribution in [0.25, 0.3) is 11.0 Å². The van der Waals surface area contributed by atoms with Gasteiger partial charge in [0, 0.05) is 23.9 Å². The topological polar surface area (TPSA) is 93.1 Å². The molecule has 7 nitrogen and oxygen atoms in total. The molecule has 0 saturated carbocycles. The van der Waals surface area contributed by atoms with Crippen LogP contribution in [-0.2, 0) is 0 Å². The summed E-state index contributed by atoms with van der Waals surface area (Å²) in [5, 5.41) is 13.8. The average molecular weight is 284 g/mol. The first kappa shape index (κ1) is 12.9. The zero-order valence-corrected chi connectivity index (χ0v) is 11.2. The van der Waals surface area contributed by atoms with E-state index in [4.69, 9.17) is 4.74 Å². The van der Waals surface area contributed by atoms with Crippen molar-refractivity contribution in [1.29, 1.82) is 0 Å². The summed E-state index contributed by atoms with van der Waals surface area (Å²) >= 11 is 0. The van der Waals surface area contributed by atoms with Gasteiger partial charge in [0.25, 0.3) is 5.69 Å². The van der Waals surface area contributed by atoms with Gasteiger partial charge in [0.15, 0.2) is 0 Å². The number of imidazole rings is 1. The first-order valence-corrected chi connectivity index (χ1v) is 6.21. The lowest BCUT2D eigenvalue weighted by molar-refractivity contribution is -0.384. The molecule has 0 aliphatic heterocycles. The second-order valence-corrected chi connectivity index (χ2v) is 4.40. The number of H-pyrrole nitrogens is 1. The molecule has 0 unspecified atom stereocenters. The van der Waals surface area contributed by atoms with Crippen LogP contribution in [0.15, 0.2) is 42.5 Å². The van der Waals surface area contributed by atoms with Gasteiger partial charge in [0.05, 0.1) is 23.1 Å². The molecule has 3 aromatic rings. The maximum atomic E-state index is 10.8. The second kappa shape index (κ2) is 5.12. The number of nitrogens with zero attached hydrogens (tertiary/aromatic N) is 2. The lowest BCUT2D eigenvalue weighted by atomic mass is 10.3. The molecule has 0 spiro atoms. The van der Waals surface area contributed by atoms with E-state index < -0.39 is 4.92 Å². The average Bonchev–Trinajstić information content (AvgIpc) is 2.88.